The van der Waals surface area contributed by atoms with Crippen LogP contribution in [0.4, 0.5) is 11.4 Å². The van der Waals surface area contributed by atoms with Gasteiger partial charge in [-0.3, -0.25) is 9.52 Å². The second-order valence-electron chi connectivity index (χ2n) is 4.05. The molecule has 104 valence electrons. The molecule has 2 aromatic rings. The fourth-order valence-corrected chi connectivity index (χ4v) is 2.93. The molecule has 2 aromatic carbocycles. The number of nitrogens with one attached hydrogen (secondary N) is 1. The van der Waals surface area contributed by atoms with Crippen LogP contribution < -0.4 is 16.2 Å². The van der Waals surface area contributed by atoms with Gasteiger partial charge in [0.05, 0.1) is 16.9 Å². The Morgan fingerprint density at radius 3 is 2.25 bits per heavy atom. The number of benzene rings is 2. The van der Waals surface area contributed by atoms with Gasteiger partial charge < -0.3 is 11.5 Å². The fraction of sp³-hybridized carbons (Fsp3) is 0. The maximum atomic E-state index is 12.3. The molecule has 0 saturated heterocycles. The van der Waals surface area contributed by atoms with E-state index in [-0.39, 0.29) is 21.8 Å². The molecule has 1 amide bonds. The van der Waals surface area contributed by atoms with Crippen LogP contribution in [-0.2, 0) is 10.0 Å². The van der Waals surface area contributed by atoms with Crippen LogP contribution in [-0.4, -0.2) is 14.3 Å². The van der Waals surface area contributed by atoms with Crippen molar-refractivity contribution in [3.63, 3.8) is 0 Å². The first kappa shape index (κ1) is 13.9. The molecule has 7 heteroatoms. The minimum Gasteiger partial charge on any atom is -0.398 e. The van der Waals surface area contributed by atoms with Gasteiger partial charge in [-0.2, -0.15) is 0 Å². The smallest absolute Gasteiger partial charge is 0.263 e. The molecule has 0 saturated carbocycles. The number of carbonyl (C=O) groups excluding carboxylic acids is 1. The van der Waals surface area contributed by atoms with Crippen LogP contribution in [0.1, 0.15) is 10.4 Å². The summed E-state index contributed by atoms with van der Waals surface area (Å²) in [6.45, 7) is 0. The zero-order valence-electron chi connectivity index (χ0n) is 10.4. The van der Waals surface area contributed by atoms with E-state index < -0.39 is 15.9 Å². The van der Waals surface area contributed by atoms with Gasteiger partial charge in [-0.1, -0.05) is 24.3 Å². The Bertz CT molecular complexity index is 757. The van der Waals surface area contributed by atoms with Crippen molar-refractivity contribution in [2.24, 2.45) is 5.73 Å². The van der Waals surface area contributed by atoms with Crippen LogP contribution in [0.3, 0.4) is 0 Å². The van der Waals surface area contributed by atoms with Gasteiger partial charge in [-0.05, 0) is 24.3 Å². The molecule has 0 bridgehead atoms. The van der Waals surface area contributed by atoms with Crippen LogP contribution in [0.5, 0.6) is 0 Å². The van der Waals surface area contributed by atoms with Gasteiger partial charge in [0, 0.05) is 0 Å². The first-order chi connectivity index (χ1) is 9.42. The third-order valence-electron chi connectivity index (χ3n) is 2.65. The van der Waals surface area contributed by atoms with Crippen LogP contribution in [0.25, 0.3) is 0 Å². The summed E-state index contributed by atoms with van der Waals surface area (Å²) in [5.74, 6) is -0.718. The normalized spacial score (nSPS) is 11.0. The first-order valence-corrected chi connectivity index (χ1v) is 7.16. The molecule has 0 aliphatic heterocycles. The predicted molar refractivity (Wildman–Crippen MR) is 76.6 cm³/mol. The first-order valence-electron chi connectivity index (χ1n) is 5.68. The Morgan fingerprint density at radius 2 is 1.60 bits per heavy atom. The lowest BCUT2D eigenvalue weighted by molar-refractivity contribution is 0.100. The second-order valence-corrected chi connectivity index (χ2v) is 5.70. The molecular weight excluding hydrogens is 278 g/mol. The predicted octanol–water partition coefficient (Wildman–Crippen LogP) is 1.17. The lowest BCUT2D eigenvalue weighted by atomic mass is 10.2. The highest BCUT2D eigenvalue weighted by Gasteiger charge is 2.19. The highest BCUT2D eigenvalue weighted by Crippen LogP contribution is 2.23. The van der Waals surface area contributed by atoms with Crippen molar-refractivity contribution in [1.82, 2.24) is 0 Å². The number of hydrogen-bond donors (Lipinski definition) is 3. The van der Waals surface area contributed by atoms with Crippen LogP contribution in [0.15, 0.2) is 53.4 Å². The number of sulfonamides is 1. The third kappa shape index (κ3) is 2.72. The summed E-state index contributed by atoms with van der Waals surface area (Å²) >= 11 is 0. The number of para-hydroxylation sites is 2. The van der Waals surface area contributed by atoms with E-state index in [4.69, 9.17) is 11.5 Å². The molecule has 0 aliphatic carbocycles. The summed E-state index contributed by atoms with van der Waals surface area (Å²) in [6, 6.07) is 12.1. The van der Waals surface area contributed by atoms with Gasteiger partial charge in [0.1, 0.15) is 4.90 Å². The monoisotopic (exact) mass is 291 g/mol. The highest BCUT2D eigenvalue weighted by atomic mass is 32.2. The van der Waals surface area contributed by atoms with Crippen molar-refractivity contribution in [3.05, 3.63) is 54.1 Å². The topological polar surface area (TPSA) is 115 Å². The molecule has 6 nitrogen and oxygen atoms in total. The Morgan fingerprint density at radius 1 is 1.00 bits per heavy atom. The van der Waals surface area contributed by atoms with Gasteiger partial charge in [-0.15, -0.1) is 0 Å². The van der Waals surface area contributed by atoms with Crippen molar-refractivity contribution >= 4 is 27.3 Å². The molecule has 0 aromatic heterocycles. The minimum atomic E-state index is -3.88. The van der Waals surface area contributed by atoms with Crippen molar-refractivity contribution in [2.45, 2.75) is 4.90 Å². The number of nitrogen functional groups attached to an aromatic ring is 1. The van der Waals surface area contributed by atoms with Gasteiger partial charge >= 0.3 is 0 Å². The molecule has 0 heterocycles. The summed E-state index contributed by atoms with van der Waals surface area (Å²) in [5, 5.41) is 0. The average molecular weight is 291 g/mol. The fourth-order valence-electron chi connectivity index (χ4n) is 1.71. The van der Waals surface area contributed by atoms with E-state index in [1.54, 1.807) is 24.3 Å². The molecule has 0 radical (unpaired) electrons. The highest BCUT2D eigenvalue weighted by molar-refractivity contribution is 7.92. The van der Waals surface area contributed by atoms with E-state index in [0.717, 1.165) is 0 Å². The van der Waals surface area contributed by atoms with E-state index in [0.29, 0.717) is 0 Å². The molecule has 20 heavy (non-hydrogen) atoms. The van der Waals surface area contributed by atoms with Crippen molar-refractivity contribution in [2.75, 3.05) is 10.5 Å². The zero-order valence-corrected chi connectivity index (χ0v) is 11.2. The quantitative estimate of drug-likeness (QED) is 0.733. The Balaban J connectivity index is 2.45. The second kappa shape index (κ2) is 5.22. The Hall–Kier alpha value is -2.54. The molecule has 0 fully saturated rings. The number of anilines is 2. The van der Waals surface area contributed by atoms with Crippen LogP contribution in [0.2, 0.25) is 0 Å². The average Bonchev–Trinajstić information content (AvgIpc) is 2.39. The van der Waals surface area contributed by atoms with E-state index in [9.17, 15) is 13.2 Å². The summed E-state index contributed by atoms with van der Waals surface area (Å²) < 4.78 is 26.8. The van der Waals surface area contributed by atoms with E-state index in [1.807, 2.05) is 0 Å². The largest absolute Gasteiger partial charge is 0.398 e. The summed E-state index contributed by atoms with van der Waals surface area (Å²) in [5.41, 5.74) is 11.2. The molecule has 2 rings (SSSR count). The summed E-state index contributed by atoms with van der Waals surface area (Å²) in [6.07, 6.45) is 0. The summed E-state index contributed by atoms with van der Waals surface area (Å²) in [4.78, 5) is 11.2. The molecule has 5 N–H and O–H groups in total. The standard InChI is InChI=1S/C13H13N3O3S/c14-10-6-2-4-8-12(10)20(18,19)16-11-7-3-1-5-9(11)13(15)17/h1-8,16H,14H2,(H2,15,17). The third-order valence-corrected chi connectivity index (χ3v) is 4.08. The molecule has 0 unspecified atom stereocenters. The lowest BCUT2D eigenvalue weighted by Gasteiger charge is -2.12. The van der Waals surface area contributed by atoms with Crippen molar-refractivity contribution in [1.29, 1.82) is 0 Å². The Kier molecular flexibility index (Phi) is 3.62. The molecular formula is C13H13N3O3S. The van der Waals surface area contributed by atoms with Crippen LogP contribution in [0, 0.1) is 0 Å². The number of rotatable bonds is 4. The molecule has 0 atom stereocenters. The number of nitrogens with two attached hydrogens (primary N) is 2. The maximum absolute atomic E-state index is 12.3. The van der Waals surface area contributed by atoms with Crippen LogP contribution >= 0.6 is 0 Å². The van der Waals surface area contributed by atoms with Crippen molar-refractivity contribution in [3.8, 4) is 0 Å². The Labute approximate surface area is 116 Å². The van der Waals surface area contributed by atoms with E-state index >= 15 is 0 Å². The molecule has 0 aliphatic rings. The van der Waals surface area contributed by atoms with Gasteiger partial charge in [0.15, 0.2) is 0 Å². The molecule has 0 spiro atoms. The van der Waals surface area contributed by atoms with Gasteiger partial charge in [-0.25, -0.2) is 8.42 Å². The number of amides is 1. The van der Waals surface area contributed by atoms with Crippen molar-refractivity contribution < 1.29 is 13.2 Å². The summed E-state index contributed by atoms with van der Waals surface area (Å²) in [7, 11) is -3.88. The van der Waals surface area contributed by atoms with E-state index in [1.165, 1.54) is 24.3 Å². The number of carbonyl (C=O) groups is 1. The number of hydrogen-bond acceptors (Lipinski definition) is 4. The van der Waals surface area contributed by atoms with Gasteiger partial charge in [0.25, 0.3) is 15.9 Å². The minimum absolute atomic E-state index is 0.0562. The SMILES string of the molecule is NC(=O)c1ccccc1NS(=O)(=O)c1ccccc1N. The lowest BCUT2D eigenvalue weighted by Crippen LogP contribution is -2.19. The van der Waals surface area contributed by atoms with E-state index in [2.05, 4.69) is 4.72 Å². The zero-order chi connectivity index (χ0) is 14.8. The maximum Gasteiger partial charge on any atom is 0.263 e. The van der Waals surface area contributed by atoms with Gasteiger partial charge in [0.2, 0.25) is 0 Å². The number of primary amides is 1.